The van der Waals surface area contributed by atoms with Crippen LogP contribution in [0.4, 0.5) is 5.69 Å². The second-order valence-electron chi connectivity index (χ2n) is 5.64. The van der Waals surface area contributed by atoms with Crippen LogP contribution < -0.4 is 5.32 Å². The number of aromatic nitrogens is 1. The van der Waals surface area contributed by atoms with Gasteiger partial charge in [-0.25, -0.2) is 0 Å². The molecule has 2 heterocycles. The number of rotatable bonds is 5. The van der Waals surface area contributed by atoms with E-state index in [1.807, 2.05) is 0 Å². The van der Waals surface area contributed by atoms with E-state index in [1.165, 1.54) is 42.9 Å². The molecule has 1 fully saturated rings. The fraction of sp³-hybridized carbons (Fsp3) is 0.412. The van der Waals surface area contributed by atoms with Crippen LogP contribution in [0, 0.1) is 0 Å². The number of hydrogen-bond donors (Lipinski definition) is 1. The molecule has 3 rings (SSSR count). The molecular formula is C17H23N3. The average molecular weight is 269 g/mol. The molecule has 0 bridgehead atoms. The zero-order chi connectivity index (χ0) is 13.8. The highest BCUT2D eigenvalue weighted by atomic mass is 15.1. The van der Waals surface area contributed by atoms with Gasteiger partial charge in [-0.3, -0.25) is 4.90 Å². The Morgan fingerprint density at radius 1 is 1.05 bits per heavy atom. The summed E-state index contributed by atoms with van der Waals surface area (Å²) in [6.07, 6.45) is 4.79. The molecular weight excluding hydrogens is 246 g/mol. The van der Waals surface area contributed by atoms with Crippen LogP contribution in [0.1, 0.15) is 24.1 Å². The van der Waals surface area contributed by atoms with E-state index in [9.17, 15) is 0 Å². The number of benzene rings is 1. The van der Waals surface area contributed by atoms with Crippen LogP contribution in [0.2, 0.25) is 0 Å². The normalized spacial score (nSPS) is 15.7. The molecule has 1 N–H and O–H groups in total. The summed E-state index contributed by atoms with van der Waals surface area (Å²) in [4.78, 5) is 2.53. The zero-order valence-electron chi connectivity index (χ0n) is 12.2. The first-order chi connectivity index (χ1) is 9.81. The van der Waals surface area contributed by atoms with Gasteiger partial charge in [0.25, 0.3) is 0 Å². The van der Waals surface area contributed by atoms with Crippen molar-refractivity contribution in [1.29, 1.82) is 0 Å². The van der Waals surface area contributed by atoms with Crippen molar-refractivity contribution < 1.29 is 0 Å². The van der Waals surface area contributed by atoms with Crippen molar-refractivity contribution in [2.24, 2.45) is 7.05 Å². The summed E-state index contributed by atoms with van der Waals surface area (Å²) in [6.45, 7) is 4.48. The molecule has 1 aromatic heterocycles. The molecule has 20 heavy (non-hydrogen) atoms. The minimum atomic E-state index is 0.870. The Bertz CT molecular complexity index is 536. The maximum Gasteiger partial charge on any atom is 0.0553 e. The van der Waals surface area contributed by atoms with Crippen LogP contribution >= 0.6 is 0 Å². The number of aryl methyl sites for hydroxylation is 1. The van der Waals surface area contributed by atoms with Gasteiger partial charge in [-0.05, 0) is 55.8 Å². The Balaban J connectivity index is 1.54. The topological polar surface area (TPSA) is 20.2 Å². The largest absolute Gasteiger partial charge is 0.379 e. The summed E-state index contributed by atoms with van der Waals surface area (Å²) < 4.78 is 2.15. The molecule has 1 aliphatic heterocycles. The van der Waals surface area contributed by atoms with Crippen LogP contribution in [0.15, 0.2) is 42.6 Å². The molecule has 0 saturated carbocycles. The van der Waals surface area contributed by atoms with E-state index >= 15 is 0 Å². The molecule has 0 aliphatic carbocycles. The van der Waals surface area contributed by atoms with Gasteiger partial charge in [-0.1, -0.05) is 12.1 Å². The summed E-state index contributed by atoms with van der Waals surface area (Å²) in [5, 5.41) is 3.47. The fourth-order valence-corrected chi connectivity index (χ4v) is 2.80. The monoisotopic (exact) mass is 269 g/mol. The molecule has 0 amide bonds. The van der Waals surface area contributed by atoms with E-state index in [4.69, 9.17) is 0 Å². The molecule has 2 aromatic rings. The van der Waals surface area contributed by atoms with E-state index < -0.39 is 0 Å². The lowest BCUT2D eigenvalue weighted by Crippen LogP contribution is -2.18. The minimum absolute atomic E-state index is 0.870. The van der Waals surface area contributed by atoms with Gasteiger partial charge < -0.3 is 9.88 Å². The smallest absolute Gasteiger partial charge is 0.0553 e. The summed E-state index contributed by atoms with van der Waals surface area (Å²) >= 11 is 0. The van der Waals surface area contributed by atoms with Gasteiger partial charge in [-0.2, -0.15) is 0 Å². The molecule has 106 valence electrons. The zero-order valence-corrected chi connectivity index (χ0v) is 12.2. The third-order valence-electron chi connectivity index (χ3n) is 4.08. The van der Waals surface area contributed by atoms with Crippen LogP contribution in [-0.2, 0) is 20.1 Å². The molecule has 0 radical (unpaired) electrons. The van der Waals surface area contributed by atoms with Crippen LogP contribution in [0.3, 0.4) is 0 Å². The van der Waals surface area contributed by atoms with E-state index in [0.717, 1.165) is 13.1 Å². The molecule has 3 nitrogen and oxygen atoms in total. The van der Waals surface area contributed by atoms with Crippen molar-refractivity contribution in [3.8, 4) is 0 Å². The maximum absolute atomic E-state index is 3.47. The van der Waals surface area contributed by atoms with Crippen molar-refractivity contribution in [1.82, 2.24) is 9.47 Å². The first kappa shape index (κ1) is 13.3. The number of anilines is 1. The fourth-order valence-electron chi connectivity index (χ4n) is 2.80. The predicted octanol–water partition coefficient (Wildman–Crippen LogP) is 3.23. The molecule has 0 unspecified atom stereocenters. The molecule has 0 atom stereocenters. The quantitative estimate of drug-likeness (QED) is 0.899. The summed E-state index contributed by atoms with van der Waals surface area (Å²) in [5.74, 6) is 0. The lowest BCUT2D eigenvalue weighted by atomic mass is 10.2. The molecule has 1 aromatic carbocycles. The van der Waals surface area contributed by atoms with E-state index in [1.54, 1.807) is 0 Å². The highest BCUT2D eigenvalue weighted by Crippen LogP contribution is 2.15. The summed E-state index contributed by atoms with van der Waals surface area (Å²) in [6, 6.07) is 13.1. The standard InChI is InChI=1S/C17H23N3/c1-19-10-4-5-17(19)13-18-16-8-6-15(7-9-16)14-20-11-2-3-12-20/h4-10,18H,2-3,11-14H2,1H3. The van der Waals surface area contributed by atoms with Gasteiger partial charge in [0.1, 0.15) is 0 Å². The lowest BCUT2D eigenvalue weighted by molar-refractivity contribution is 0.331. The average Bonchev–Trinajstić information content (AvgIpc) is 3.10. The van der Waals surface area contributed by atoms with E-state index in [2.05, 4.69) is 64.4 Å². The lowest BCUT2D eigenvalue weighted by Gasteiger charge is -2.15. The SMILES string of the molecule is Cn1cccc1CNc1ccc(CN2CCCC2)cc1. The first-order valence-corrected chi connectivity index (χ1v) is 7.47. The number of likely N-dealkylation sites (tertiary alicyclic amines) is 1. The first-order valence-electron chi connectivity index (χ1n) is 7.47. The van der Waals surface area contributed by atoms with E-state index in [0.29, 0.717) is 0 Å². The number of nitrogens with one attached hydrogen (secondary N) is 1. The van der Waals surface area contributed by atoms with Gasteiger partial charge in [0, 0.05) is 31.2 Å². The molecule has 1 aliphatic rings. The minimum Gasteiger partial charge on any atom is -0.379 e. The van der Waals surface area contributed by atoms with Gasteiger partial charge in [0.05, 0.1) is 6.54 Å². The Morgan fingerprint density at radius 3 is 2.45 bits per heavy atom. The second kappa shape index (κ2) is 6.14. The predicted molar refractivity (Wildman–Crippen MR) is 83.7 cm³/mol. The highest BCUT2D eigenvalue weighted by Gasteiger charge is 2.11. The Kier molecular flexibility index (Phi) is 4.07. The maximum atomic E-state index is 3.47. The Labute approximate surface area is 121 Å². The van der Waals surface area contributed by atoms with Crippen LogP contribution in [0.5, 0.6) is 0 Å². The summed E-state index contributed by atoms with van der Waals surface area (Å²) in [5.41, 5.74) is 3.90. The number of nitrogens with zero attached hydrogens (tertiary/aromatic N) is 2. The Hall–Kier alpha value is -1.74. The van der Waals surface area contributed by atoms with E-state index in [-0.39, 0.29) is 0 Å². The van der Waals surface area contributed by atoms with Crippen LogP contribution in [-0.4, -0.2) is 22.6 Å². The number of hydrogen-bond acceptors (Lipinski definition) is 2. The van der Waals surface area contributed by atoms with Crippen molar-refractivity contribution in [2.45, 2.75) is 25.9 Å². The summed E-state index contributed by atoms with van der Waals surface area (Å²) in [7, 11) is 2.08. The van der Waals surface area contributed by atoms with Gasteiger partial charge in [0.15, 0.2) is 0 Å². The van der Waals surface area contributed by atoms with Crippen molar-refractivity contribution in [3.05, 3.63) is 53.9 Å². The van der Waals surface area contributed by atoms with Gasteiger partial charge >= 0.3 is 0 Å². The molecule has 3 heteroatoms. The van der Waals surface area contributed by atoms with Crippen molar-refractivity contribution >= 4 is 5.69 Å². The third-order valence-corrected chi connectivity index (χ3v) is 4.08. The highest BCUT2D eigenvalue weighted by molar-refractivity contribution is 5.44. The van der Waals surface area contributed by atoms with Gasteiger partial charge in [0.2, 0.25) is 0 Å². The molecule has 1 saturated heterocycles. The Morgan fingerprint density at radius 2 is 1.80 bits per heavy atom. The van der Waals surface area contributed by atoms with Crippen molar-refractivity contribution in [3.63, 3.8) is 0 Å². The third kappa shape index (κ3) is 3.23. The molecule has 0 spiro atoms. The van der Waals surface area contributed by atoms with Gasteiger partial charge in [-0.15, -0.1) is 0 Å². The van der Waals surface area contributed by atoms with Crippen LogP contribution in [0.25, 0.3) is 0 Å². The second-order valence-corrected chi connectivity index (χ2v) is 5.64. The van der Waals surface area contributed by atoms with Crippen molar-refractivity contribution in [2.75, 3.05) is 18.4 Å².